The van der Waals surface area contributed by atoms with E-state index in [1.165, 1.54) is 47.6 Å². The van der Waals surface area contributed by atoms with Crippen LogP contribution in [-0.4, -0.2) is 37.6 Å². The number of nitrogens with one attached hydrogen (secondary N) is 2. The van der Waals surface area contributed by atoms with Crippen molar-refractivity contribution in [2.45, 2.75) is 25.7 Å². The van der Waals surface area contributed by atoms with Gasteiger partial charge in [-0.3, -0.25) is 9.59 Å². The molecule has 0 aliphatic rings. The van der Waals surface area contributed by atoms with Gasteiger partial charge >= 0.3 is 0 Å². The van der Waals surface area contributed by atoms with E-state index >= 15 is 0 Å². The van der Waals surface area contributed by atoms with E-state index in [9.17, 15) is 22.4 Å². The summed E-state index contributed by atoms with van der Waals surface area (Å²) in [6.45, 7) is 5.57. The fourth-order valence-corrected chi connectivity index (χ4v) is 4.17. The van der Waals surface area contributed by atoms with Crippen LogP contribution in [0.4, 0.5) is 15.8 Å². The van der Waals surface area contributed by atoms with Crippen molar-refractivity contribution in [1.82, 2.24) is 4.31 Å². The molecule has 0 bridgehead atoms. The van der Waals surface area contributed by atoms with Crippen LogP contribution in [0.5, 0.6) is 0 Å². The maximum absolute atomic E-state index is 13.7. The monoisotopic (exact) mass is 433 g/mol. The van der Waals surface area contributed by atoms with Crippen molar-refractivity contribution >= 4 is 39.3 Å². The second-order valence-electron chi connectivity index (χ2n) is 6.36. The molecule has 0 aliphatic carbocycles. The summed E-state index contributed by atoms with van der Waals surface area (Å²) in [4.78, 5) is 23.4. The van der Waals surface area contributed by atoms with Crippen LogP contribution in [0.25, 0.3) is 6.08 Å². The van der Waals surface area contributed by atoms with Crippen LogP contribution in [0.3, 0.4) is 0 Å². The van der Waals surface area contributed by atoms with E-state index in [4.69, 9.17) is 0 Å². The smallest absolute Gasteiger partial charge is 0.248 e. The number of halogens is 1. The summed E-state index contributed by atoms with van der Waals surface area (Å²) in [7, 11) is -3.54. The van der Waals surface area contributed by atoms with Gasteiger partial charge in [-0.05, 0) is 42.0 Å². The lowest BCUT2D eigenvalue weighted by molar-refractivity contribution is -0.114. The van der Waals surface area contributed by atoms with Crippen molar-refractivity contribution in [2.75, 3.05) is 23.7 Å². The van der Waals surface area contributed by atoms with E-state index in [-0.39, 0.29) is 10.6 Å². The molecule has 0 saturated carbocycles. The first kappa shape index (κ1) is 23.2. The average molecular weight is 434 g/mol. The lowest BCUT2D eigenvalue weighted by Crippen LogP contribution is -2.30. The first-order chi connectivity index (χ1) is 14.2. The minimum Gasteiger partial charge on any atom is -0.324 e. The van der Waals surface area contributed by atoms with Crippen LogP contribution in [0.15, 0.2) is 53.4 Å². The van der Waals surface area contributed by atoms with Gasteiger partial charge in [-0.1, -0.05) is 26.0 Å². The van der Waals surface area contributed by atoms with Gasteiger partial charge in [-0.25, -0.2) is 12.8 Å². The molecule has 0 spiro atoms. The Balaban J connectivity index is 2.08. The predicted molar refractivity (Wildman–Crippen MR) is 115 cm³/mol. The molecule has 2 aromatic rings. The number of hydrogen-bond acceptors (Lipinski definition) is 4. The van der Waals surface area contributed by atoms with Gasteiger partial charge in [-0.2, -0.15) is 4.31 Å². The Labute approximate surface area is 175 Å². The topological polar surface area (TPSA) is 95.6 Å². The maximum Gasteiger partial charge on any atom is 0.248 e. The van der Waals surface area contributed by atoms with Crippen molar-refractivity contribution in [1.29, 1.82) is 0 Å². The first-order valence-corrected chi connectivity index (χ1v) is 10.8. The molecular weight excluding hydrogens is 409 g/mol. The molecule has 30 heavy (non-hydrogen) atoms. The Morgan fingerprint density at radius 3 is 2.23 bits per heavy atom. The molecule has 0 radical (unpaired) electrons. The highest BCUT2D eigenvalue weighted by atomic mass is 32.2. The molecule has 2 rings (SSSR count). The average Bonchev–Trinajstić information content (AvgIpc) is 2.69. The first-order valence-electron chi connectivity index (χ1n) is 9.33. The summed E-state index contributed by atoms with van der Waals surface area (Å²) in [6, 6.07) is 10.0. The Morgan fingerprint density at radius 1 is 1.03 bits per heavy atom. The third-order valence-corrected chi connectivity index (χ3v) is 6.26. The Morgan fingerprint density at radius 2 is 1.67 bits per heavy atom. The van der Waals surface area contributed by atoms with Gasteiger partial charge < -0.3 is 10.6 Å². The molecule has 0 fully saturated rings. The van der Waals surface area contributed by atoms with Gasteiger partial charge in [0.15, 0.2) is 0 Å². The number of rotatable bonds is 8. The number of nitrogens with zero attached hydrogens (tertiary/aromatic N) is 1. The van der Waals surface area contributed by atoms with Crippen molar-refractivity contribution in [3.63, 3.8) is 0 Å². The summed E-state index contributed by atoms with van der Waals surface area (Å²) >= 11 is 0. The Bertz CT molecular complexity index is 1050. The standard InChI is InChI=1S/C21H24FN3O4S/c1-4-25(5-2)30(28,29)18-10-6-16(7-11-18)8-13-21(27)24-17-9-12-19(22)20(14-17)23-15(3)26/h6-14H,4-5H2,1-3H3,(H,23,26)(H,24,27)/b13-8+. The molecule has 0 atom stereocenters. The number of carbonyl (C=O) groups is 2. The van der Waals surface area contributed by atoms with Crippen molar-refractivity contribution < 1.29 is 22.4 Å². The highest BCUT2D eigenvalue weighted by Crippen LogP contribution is 2.20. The van der Waals surface area contributed by atoms with Gasteiger partial charge in [0.05, 0.1) is 10.6 Å². The molecular formula is C21H24FN3O4S. The van der Waals surface area contributed by atoms with Crippen LogP contribution in [0, 0.1) is 5.82 Å². The zero-order valence-corrected chi connectivity index (χ0v) is 17.8. The number of carbonyl (C=O) groups excluding carboxylic acids is 2. The normalized spacial score (nSPS) is 11.6. The van der Waals surface area contributed by atoms with E-state index in [1.54, 1.807) is 26.0 Å². The molecule has 0 saturated heterocycles. The number of sulfonamides is 1. The van der Waals surface area contributed by atoms with E-state index < -0.39 is 27.7 Å². The molecule has 2 amide bonds. The third kappa shape index (κ3) is 5.98. The van der Waals surface area contributed by atoms with E-state index in [0.717, 1.165) is 6.07 Å². The van der Waals surface area contributed by atoms with Gasteiger partial charge in [0.2, 0.25) is 21.8 Å². The quantitative estimate of drug-likeness (QED) is 0.623. The molecule has 9 heteroatoms. The van der Waals surface area contributed by atoms with Crippen LogP contribution in [0.1, 0.15) is 26.3 Å². The summed E-state index contributed by atoms with van der Waals surface area (Å²) in [5.74, 6) is -1.50. The summed E-state index contributed by atoms with van der Waals surface area (Å²) in [6.07, 6.45) is 2.80. The van der Waals surface area contributed by atoms with Gasteiger partial charge in [0.1, 0.15) is 5.82 Å². The molecule has 0 aromatic heterocycles. The summed E-state index contributed by atoms with van der Waals surface area (Å²) in [5, 5.41) is 4.91. The molecule has 0 aliphatic heterocycles. The summed E-state index contributed by atoms with van der Waals surface area (Å²) in [5.41, 5.74) is 0.923. The van der Waals surface area contributed by atoms with E-state index in [0.29, 0.717) is 24.3 Å². The molecule has 2 N–H and O–H groups in total. The second-order valence-corrected chi connectivity index (χ2v) is 8.29. The highest BCUT2D eigenvalue weighted by molar-refractivity contribution is 7.89. The molecule has 2 aromatic carbocycles. The molecule has 7 nitrogen and oxygen atoms in total. The van der Waals surface area contributed by atoms with E-state index in [2.05, 4.69) is 10.6 Å². The Hall–Kier alpha value is -3.04. The van der Waals surface area contributed by atoms with Crippen molar-refractivity contribution in [2.24, 2.45) is 0 Å². The predicted octanol–water partition coefficient (Wildman–Crippen LogP) is 3.47. The molecule has 160 valence electrons. The lowest BCUT2D eigenvalue weighted by atomic mass is 10.2. The van der Waals surface area contributed by atoms with Crippen LogP contribution in [-0.2, 0) is 19.6 Å². The fraction of sp³-hybridized carbons (Fsp3) is 0.238. The van der Waals surface area contributed by atoms with Crippen LogP contribution >= 0.6 is 0 Å². The SMILES string of the molecule is CCN(CC)S(=O)(=O)c1ccc(/C=C/C(=O)Nc2ccc(F)c(NC(C)=O)c2)cc1. The molecule has 0 heterocycles. The zero-order valence-electron chi connectivity index (χ0n) is 17.0. The number of benzene rings is 2. The van der Waals surface area contributed by atoms with Crippen molar-refractivity contribution in [3.05, 3.63) is 59.9 Å². The molecule has 0 unspecified atom stereocenters. The third-order valence-electron chi connectivity index (χ3n) is 4.20. The van der Waals surface area contributed by atoms with Crippen LogP contribution in [0.2, 0.25) is 0 Å². The minimum atomic E-state index is -3.54. The summed E-state index contributed by atoms with van der Waals surface area (Å²) < 4.78 is 40.0. The van der Waals surface area contributed by atoms with E-state index in [1.807, 2.05) is 0 Å². The lowest BCUT2D eigenvalue weighted by Gasteiger charge is -2.18. The number of hydrogen-bond donors (Lipinski definition) is 2. The number of amides is 2. The van der Waals surface area contributed by atoms with Gasteiger partial charge in [0.25, 0.3) is 0 Å². The fourth-order valence-electron chi connectivity index (χ4n) is 2.71. The zero-order chi connectivity index (χ0) is 22.3. The largest absolute Gasteiger partial charge is 0.324 e. The van der Waals surface area contributed by atoms with Gasteiger partial charge in [0, 0.05) is 31.8 Å². The minimum absolute atomic E-state index is 0.0331. The number of anilines is 2. The van der Waals surface area contributed by atoms with Crippen LogP contribution < -0.4 is 10.6 Å². The second kappa shape index (κ2) is 10.1. The van der Waals surface area contributed by atoms with Crippen molar-refractivity contribution in [3.8, 4) is 0 Å². The van der Waals surface area contributed by atoms with Gasteiger partial charge in [-0.15, -0.1) is 0 Å². The maximum atomic E-state index is 13.7. The Kier molecular flexibility index (Phi) is 7.85. The highest BCUT2D eigenvalue weighted by Gasteiger charge is 2.20.